The zero-order valence-electron chi connectivity index (χ0n) is 9.04. The van der Waals surface area contributed by atoms with Gasteiger partial charge in [-0.1, -0.05) is 13.3 Å². The highest BCUT2D eigenvalue weighted by molar-refractivity contribution is 5.32. The molecule has 2 atom stereocenters. The number of nitrogens with zero attached hydrogens (tertiary/aromatic N) is 2. The molecular formula is C11H17N3. The Kier molecular flexibility index (Phi) is 2.40. The minimum absolute atomic E-state index is 0.613. The number of aryl methyl sites for hydroxylation is 2. The Morgan fingerprint density at radius 1 is 1.50 bits per heavy atom. The van der Waals surface area contributed by atoms with Crippen LogP contribution in [-0.4, -0.2) is 16.0 Å². The van der Waals surface area contributed by atoms with Gasteiger partial charge in [-0.2, -0.15) is 0 Å². The van der Waals surface area contributed by atoms with Crippen molar-refractivity contribution in [2.45, 2.75) is 39.7 Å². The second-order valence-corrected chi connectivity index (χ2v) is 4.12. The third-order valence-corrected chi connectivity index (χ3v) is 2.99. The Bertz CT molecular complexity index is 335. The molecule has 1 aliphatic carbocycles. The maximum absolute atomic E-state index is 4.40. The van der Waals surface area contributed by atoms with E-state index in [0.717, 1.165) is 23.1 Å². The van der Waals surface area contributed by atoms with Gasteiger partial charge in [0.05, 0.1) is 0 Å². The van der Waals surface area contributed by atoms with Crippen LogP contribution in [0.15, 0.2) is 6.20 Å². The SMILES string of the molecule is CCC1CC1Nc1ncc(C)c(C)n1. The fourth-order valence-electron chi connectivity index (χ4n) is 1.64. The molecule has 76 valence electrons. The molecule has 14 heavy (non-hydrogen) atoms. The molecule has 0 radical (unpaired) electrons. The molecule has 0 spiro atoms. The molecule has 3 heteroatoms. The number of anilines is 1. The van der Waals surface area contributed by atoms with E-state index in [9.17, 15) is 0 Å². The van der Waals surface area contributed by atoms with E-state index in [4.69, 9.17) is 0 Å². The first-order chi connectivity index (χ1) is 6.70. The molecule has 3 nitrogen and oxygen atoms in total. The summed E-state index contributed by atoms with van der Waals surface area (Å²) in [5.41, 5.74) is 2.22. The maximum Gasteiger partial charge on any atom is 0.223 e. The number of hydrogen-bond donors (Lipinski definition) is 1. The van der Waals surface area contributed by atoms with Gasteiger partial charge in [0.25, 0.3) is 0 Å². The maximum atomic E-state index is 4.40. The zero-order valence-corrected chi connectivity index (χ0v) is 9.04. The lowest BCUT2D eigenvalue weighted by molar-refractivity contribution is 0.771. The number of hydrogen-bond acceptors (Lipinski definition) is 3. The molecule has 1 saturated carbocycles. The normalized spacial score (nSPS) is 24.8. The lowest BCUT2D eigenvalue weighted by Gasteiger charge is -2.05. The van der Waals surface area contributed by atoms with Crippen LogP contribution < -0.4 is 5.32 Å². The fraction of sp³-hybridized carbons (Fsp3) is 0.636. The highest BCUT2D eigenvalue weighted by Gasteiger charge is 2.35. The van der Waals surface area contributed by atoms with E-state index in [0.29, 0.717) is 6.04 Å². The van der Waals surface area contributed by atoms with E-state index in [-0.39, 0.29) is 0 Å². The Morgan fingerprint density at radius 3 is 2.86 bits per heavy atom. The first-order valence-electron chi connectivity index (χ1n) is 5.27. The Hall–Kier alpha value is -1.12. The Labute approximate surface area is 85.0 Å². The van der Waals surface area contributed by atoms with Crippen LogP contribution in [0, 0.1) is 19.8 Å². The van der Waals surface area contributed by atoms with Gasteiger partial charge >= 0.3 is 0 Å². The molecule has 2 rings (SSSR count). The molecule has 1 N–H and O–H groups in total. The van der Waals surface area contributed by atoms with Crippen molar-refractivity contribution in [3.63, 3.8) is 0 Å². The van der Waals surface area contributed by atoms with Gasteiger partial charge in [0.1, 0.15) is 0 Å². The van der Waals surface area contributed by atoms with E-state index in [1.54, 1.807) is 0 Å². The molecule has 0 saturated heterocycles. The highest BCUT2D eigenvalue weighted by Crippen LogP contribution is 2.35. The lowest BCUT2D eigenvalue weighted by atomic mass is 10.3. The van der Waals surface area contributed by atoms with Crippen molar-refractivity contribution in [2.75, 3.05) is 5.32 Å². The van der Waals surface area contributed by atoms with Crippen LogP contribution in [0.4, 0.5) is 5.95 Å². The monoisotopic (exact) mass is 191 g/mol. The smallest absolute Gasteiger partial charge is 0.223 e. The molecule has 0 amide bonds. The van der Waals surface area contributed by atoms with Crippen LogP contribution in [0.25, 0.3) is 0 Å². The van der Waals surface area contributed by atoms with E-state index in [1.165, 1.54) is 12.8 Å². The van der Waals surface area contributed by atoms with Gasteiger partial charge in [-0.25, -0.2) is 9.97 Å². The third kappa shape index (κ3) is 1.86. The van der Waals surface area contributed by atoms with Crippen molar-refractivity contribution in [3.8, 4) is 0 Å². The molecule has 1 aromatic heterocycles. The standard InChI is InChI=1S/C11H17N3/c1-4-9-5-10(9)14-11-12-6-7(2)8(3)13-11/h6,9-10H,4-5H2,1-3H3,(H,12,13,14). The Balaban J connectivity index is 2.00. The average molecular weight is 191 g/mol. The molecule has 1 aromatic rings. The van der Waals surface area contributed by atoms with Gasteiger partial charge in [-0.05, 0) is 31.7 Å². The van der Waals surface area contributed by atoms with Crippen molar-refractivity contribution in [1.29, 1.82) is 0 Å². The highest BCUT2D eigenvalue weighted by atomic mass is 15.1. The van der Waals surface area contributed by atoms with E-state index < -0.39 is 0 Å². The van der Waals surface area contributed by atoms with Gasteiger partial charge in [0.2, 0.25) is 5.95 Å². The predicted molar refractivity (Wildman–Crippen MR) is 57.3 cm³/mol. The molecule has 1 fully saturated rings. The third-order valence-electron chi connectivity index (χ3n) is 2.99. The topological polar surface area (TPSA) is 37.8 Å². The second-order valence-electron chi connectivity index (χ2n) is 4.12. The number of rotatable bonds is 3. The van der Waals surface area contributed by atoms with Crippen molar-refractivity contribution < 1.29 is 0 Å². The van der Waals surface area contributed by atoms with Crippen LogP contribution in [-0.2, 0) is 0 Å². The zero-order chi connectivity index (χ0) is 10.1. The van der Waals surface area contributed by atoms with Gasteiger partial charge < -0.3 is 5.32 Å². The first kappa shape index (κ1) is 9.44. The number of nitrogens with one attached hydrogen (secondary N) is 1. The molecule has 1 heterocycles. The summed E-state index contributed by atoms with van der Waals surface area (Å²) < 4.78 is 0. The fourth-order valence-corrected chi connectivity index (χ4v) is 1.64. The second kappa shape index (κ2) is 3.56. The van der Waals surface area contributed by atoms with Gasteiger partial charge in [0.15, 0.2) is 0 Å². The predicted octanol–water partition coefficient (Wildman–Crippen LogP) is 2.30. The van der Waals surface area contributed by atoms with Gasteiger partial charge in [0, 0.05) is 17.9 Å². The molecule has 0 aliphatic heterocycles. The van der Waals surface area contributed by atoms with Crippen molar-refractivity contribution in [1.82, 2.24) is 9.97 Å². The van der Waals surface area contributed by atoms with Crippen molar-refractivity contribution >= 4 is 5.95 Å². The van der Waals surface area contributed by atoms with Crippen LogP contribution in [0.5, 0.6) is 0 Å². The summed E-state index contributed by atoms with van der Waals surface area (Å²) in [6.07, 6.45) is 4.41. The van der Waals surface area contributed by atoms with Crippen LogP contribution >= 0.6 is 0 Å². The molecule has 0 aromatic carbocycles. The van der Waals surface area contributed by atoms with E-state index in [2.05, 4.69) is 22.2 Å². The lowest BCUT2D eigenvalue weighted by Crippen LogP contribution is -2.08. The summed E-state index contributed by atoms with van der Waals surface area (Å²) in [7, 11) is 0. The van der Waals surface area contributed by atoms with Crippen LogP contribution in [0.2, 0.25) is 0 Å². The Morgan fingerprint density at radius 2 is 2.29 bits per heavy atom. The van der Waals surface area contributed by atoms with Gasteiger partial charge in [-0.3, -0.25) is 0 Å². The van der Waals surface area contributed by atoms with Crippen LogP contribution in [0.3, 0.4) is 0 Å². The summed E-state index contributed by atoms with van der Waals surface area (Å²) >= 11 is 0. The number of aromatic nitrogens is 2. The minimum Gasteiger partial charge on any atom is -0.351 e. The summed E-state index contributed by atoms with van der Waals surface area (Å²) in [5, 5.41) is 3.36. The average Bonchev–Trinajstić information content (AvgIpc) is 2.90. The largest absolute Gasteiger partial charge is 0.351 e. The van der Waals surface area contributed by atoms with Crippen LogP contribution in [0.1, 0.15) is 31.0 Å². The summed E-state index contributed by atoms with van der Waals surface area (Å²) in [6, 6.07) is 0.613. The summed E-state index contributed by atoms with van der Waals surface area (Å²) in [5.74, 6) is 1.62. The first-order valence-corrected chi connectivity index (χ1v) is 5.27. The molecule has 0 bridgehead atoms. The summed E-state index contributed by atoms with van der Waals surface area (Å²) in [4.78, 5) is 8.67. The summed E-state index contributed by atoms with van der Waals surface area (Å²) in [6.45, 7) is 6.28. The molecular weight excluding hydrogens is 174 g/mol. The van der Waals surface area contributed by atoms with Gasteiger partial charge in [-0.15, -0.1) is 0 Å². The molecule has 1 aliphatic rings. The van der Waals surface area contributed by atoms with E-state index >= 15 is 0 Å². The van der Waals surface area contributed by atoms with E-state index in [1.807, 2.05) is 20.0 Å². The molecule has 2 unspecified atom stereocenters. The minimum atomic E-state index is 0.613. The van der Waals surface area contributed by atoms with Crippen molar-refractivity contribution in [3.05, 3.63) is 17.5 Å². The van der Waals surface area contributed by atoms with Crippen molar-refractivity contribution in [2.24, 2.45) is 5.92 Å². The quantitative estimate of drug-likeness (QED) is 0.796.